The van der Waals surface area contributed by atoms with Crippen molar-refractivity contribution in [1.29, 1.82) is 0 Å². The van der Waals surface area contributed by atoms with E-state index in [0.717, 1.165) is 18.4 Å². The van der Waals surface area contributed by atoms with Gasteiger partial charge in [0, 0.05) is 11.1 Å². The predicted molar refractivity (Wildman–Crippen MR) is 125 cm³/mol. The molecular formula is C26H26N2O3. The Labute approximate surface area is 183 Å². The van der Waals surface area contributed by atoms with Gasteiger partial charge < -0.3 is 9.47 Å². The number of nitrogens with zero attached hydrogens (tertiary/aromatic N) is 2. The highest BCUT2D eigenvalue weighted by Gasteiger charge is 2.16. The van der Waals surface area contributed by atoms with Crippen molar-refractivity contribution < 1.29 is 14.3 Å². The maximum Gasteiger partial charge on any atom is 0.213 e. The van der Waals surface area contributed by atoms with Crippen LogP contribution in [0.15, 0.2) is 89.1 Å². The smallest absolute Gasteiger partial charge is 0.213 e. The second-order valence-corrected chi connectivity index (χ2v) is 6.87. The second kappa shape index (κ2) is 11.5. The number of rotatable bonds is 10. The topological polar surface area (TPSA) is 60.2 Å². The van der Waals surface area contributed by atoms with Crippen molar-refractivity contribution in [3.8, 4) is 11.5 Å². The van der Waals surface area contributed by atoms with Crippen LogP contribution in [0, 0.1) is 0 Å². The average Bonchev–Trinajstić information content (AvgIpc) is 2.83. The van der Waals surface area contributed by atoms with E-state index in [-0.39, 0.29) is 11.5 Å². The second-order valence-electron chi connectivity index (χ2n) is 6.87. The molecule has 0 aliphatic carbocycles. The summed E-state index contributed by atoms with van der Waals surface area (Å²) < 4.78 is 11.2. The van der Waals surface area contributed by atoms with E-state index in [1.165, 1.54) is 0 Å². The molecule has 3 aromatic carbocycles. The molecule has 0 aromatic heterocycles. The van der Waals surface area contributed by atoms with E-state index < -0.39 is 0 Å². The van der Waals surface area contributed by atoms with Crippen molar-refractivity contribution in [2.45, 2.75) is 19.8 Å². The van der Waals surface area contributed by atoms with Gasteiger partial charge in [0.1, 0.15) is 5.71 Å². The first-order chi connectivity index (χ1) is 15.2. The molecule has 0 heterocycles. The fourth-order valence-electron chi connectivity index (χ4n) is 2.92. The molecule has 0 unspecified atom stereocenters. The lowest BCUT2D eigenvalue weighted by atomic mass is 10.0. The van der Waals surface area contributed by atoms with Gasteiger partial charge in [0.15, 0.2) is 11.5 Å². The Morgan fingerprint density at radius 1 is 0.903 bits per heavy atom. The van der Waals surface area contributed by atoms with Gasteiger partial charge in [-0.3, -0.25) is 4.79 Å². The summed E-state index contributed by atoms with van der Waals surface area (Å²) in [6.45, 7) is 2.76. The van der Waals surface area contributed by atoms with Crippen LogP contribution in [0.3, 0.4) is 0 Å². The van der Waals surface area contributed by atoms with Crippen molar-refractivity contribution >= 4 is 17.7 Å². The Bertz CT molecular complexity index is 1040. The number of carbonyl (C=O) groups is 1. The summed E-state index contributed by atoms with van der Waals surface area (Å²) in [5, 5.41) is 8.46. The molecule has 31 heavy (non-hydrogen) atoms. The van der Waals surface area contributed by atoms with Gasteiger partial charge in [-0.25, -0.2) is 0 Å². The molecule has 0 bridgehead atoms. The van der Waals surface area contributed by atoms with Gasteiger partial charge in [-0.05, 0) is 30.2 Å². The lowest BCUT2D eigenvalue weighted by molar-refractivity contribution is 0.106. The number of ether oxygens (including phenoxy) is 2. The summed E-state index contributed by atoms with van der Waals surface area (Å²) >= 11 is 0. The van der Waals surface area contributed by atoms with E-state index in [1.807, 2.05) is 66.7 Å². The molecule has 0 fully saturated rings. The number of methoxy groups -OCH3 is 1. The monoisotopic (exact) mass is 414 g/mol. The van der Waals surface area contributed by atoms with Crippen molar-refractivity contribution in [1.82, 2.24) is 0 Å². The summed E-state index contributed by atoms with van der Waals surface area (Å²) in [5.74, 6) is 1.15. The maximum absolute atomic E-state index is 13.0. The fourth-order valence-corrected chi connectivity index (χ4v) is 2.92. The van der Waals surface area contributed by atoms with Crippen LogP contribution in [0.4, 0.5) is 0 Å². The van der Waals surface area contributed by atoms with Crippen LogP contribution < -0.4 is 9.47 Å². The van der Waals surface area contributed by atoms with Crippen molar-refractivity contribution in [3.05, 3.63) is 95.6 Å². The number of unbranched alkanes of at least 4 members (excludes halogenated alkanes) is 1. The molecule has 0 saturated carbocycles. The van der Waals surface area contributed by atoms with Gasteiger partial charge in [-0.1, -0.05) is 74.0 Å². The maximum atomic E-state index is 13.0. The van der Waals surface area contributed by atoms with Gasteiger partial charge in [0.2, 0.25) is 5.78 Å². The molecule has 3 aromatic rings. The molecule has 0 aliphatic heterocycles. The molecule has 0 N–H and O–H groups in total. The van der Waals surface area contributed by atoms with E-state index in [1.54, 1.807) is 25.5 Å². The van der Waals surface area contributed by atoms with Crippen LogP contribution in [0.5, 0.6) is 11.5 Å². The fraction of sp³-hybridized carbons (Fsp3) is 0.192. The van der Waals surface area contributed by atoms with Gasteiger partial charge in [0.25, 0.3) is 0 Å². The highest BCUT2D eigenvalue weighted by molar-refractivity contribution is 6.51. The Hall–Kier alpha value is -3.73. The Morgan fingerprint density at radius 3 is 2.23 bits per heavy atom. The summed E-state index contributed by atoms with van der Waals surface area (Å²) in [6.07, 6.45) is 3.65. The highest BCUT2D eigenvalue weighted by Crippen LogP contribution is 2.27. The molecule has 0 spiro atoms. The lowest BCUT2D eigenvalue weighted by Gasteiger charge is -2.10. The van der Waals surface area contributed by atoms with Gasteiger partial charge in [-0.15, -0.1) is 5.10 Å². The third kappa shape index (κ3) is 6.12. The molecule has 0 atom stereocenters. The van der Waals surface area contributed by atoms with E-state index in [2.05, 4.69) is 17.1 Å². The molecule has 3 rings (SSSR count). The summed E-state index contributed by atoms with van der Waals surface area (Å²) in [6, 6.07) is 24.0. The number of benzene rings is 3. The minimum absolute atomic E-state index is 0.179. The highest BCUT2D eigenvalue weighted by atomic mass is 16.5. The van der Waals surface area contributed by atoms with Crippen LogP contribution in [0.25, 0.3) is 0 Å². The largest absolute Gasteiger partial charge is 0.493 e. The van der Waals surface area contributed by atoms with Crippen LogP contribution in [-0.4, -0.2) is 31.4 Å². The lowest BCUT2D eigenvalue weighted by Crippen LogP contribution is -2.15. The van der Waals surface area contributed by atoms with E-state index >= 15 is 0 Å². The molecule has 0 amide bonds. The van der Waals surface area contributed by atoms with Crippen LogP contribution >= 0.6 is 0 Å². The zero-order valence-corrected chi connectivity index (χ0v) is 17.8. The van der Waals surface area contributed by atoms with Crippen LogP contribution in [0.1, 0.15) is 41.3 Å². The Kier molecular flexibility index (Phi) is 8.12. The SMILES string of the molecule is CCCCOc1ccc(/C=N\N=C(/C(=O)c2ccccc2)c2ccccc2)cc1OC. The first kappa shape index (κ1) is 22.0. The first-order valence-electron chi connectivity index (χ1n) is 10.3. The standard InChI is InChI=1S/C26H26N2O3/c1-3-4-17-31-23-16-15-20(18-24(23)30-2)19-27-28-25(21-11-7-5-8-12-21)26(29)22-13-9-6-10-14-22/h5-16,18-19H,3-4,17H2,1-2H3/b27-19-,28-25-. The Balaban J connectivity index is 1.85. The Morgan fingerprint density at radius 2 is 1.58 bits per heavy atom. The number of Topliss-reactive ketones (excluding diaryl/α,β-unsaturated/α-hetero) is 1. The van der Waals surface area contributed by atoms with E-state index in [4.69, 9.17) is 9.47 Å². The number of hydrogen-bond donors (Lipinski definition) is 0. The zero-order valence-electron chi connectivity index (χ0n) is 17.8. The number of carbonyl (C=O) groups excluding carboxylic acids is 1. The predicted octanol–water partition coefficient (Wildman–Crippen LogP) is 5.58. The third-order valence-electron chi connectivity index (χ3n) is 4.61. The minimum Gasteiger partial charge on any atom is -0.493 e. The minimum atomic E-state index is -0.179. The first-order valence-corrected chi connectivity index (χ1v) is 10.3. The van der Waals surface area contributed by atoms with Crippen molar-refractivity contribution in [3.63, 3.8) is 0 Å². The zero-order chi connectivity index (χ0) is 21.9. The van der Waals surface area contributed by atoms with Gasteiger partial charge >= 0.3 is 0 Å². The normalized spacial score (nSPS) is 11.5. The summed E-state index contributed by atoms with van der Waals surface area (Å²) in [5.41, 5.74) is 2.36. The van der Waals surface area contributed by atoms with Gasteiger partial charge in [0.05, 0.1) is 19.9 Å². The summed E-state index contributed by atoms with van der Waals surface area (Å²) in [4.78, 5) is 13.0. The number of hydrogen-bond acceptors (Lipinski definition) is 5. The van der Waals surface area contributed by atoms with Gasteiger partial charge in [-0.2, -0.15) is 5.10 Å². The summed E-state index contributed by atoms with van der Waals surface area (Å²) in [7, 11) is 1.60. The molecule has 0 aliphatic rings. The molecular weight excluding hydrogens is 388 g/mol. The van der Waals surface area contributed by atoms with E-state index in [9.17, 15) is 4.79 Å². The molecule has 0 saturated heterocycles. The number of ketones is 1. The van der Waals surface area contributed by atoms with Crippen LogP contribution in [0.2, 0.25) is 0 Å². The van der Waals surface area contributed by atoms with E-state index in [0.29, 0.717) is 29.2 Å². The van der Waals surface area contributed by atoms with Crippen molar-refractivity contribution in [2.24, 2.45) is 10.2 Å². The molecule has 158 valence electrons. The third-order valence-corrected chi connectivity index (χ3v) is 4.61. The van der Waals surface area contributed by atoms with Crippen LogP contribution in [-0.2, 0) is 0 Å². The average molecular weight is 415 g/mol. The molecule has 0 radical (unpaired) electrons. The molecule has 5 nitrogen and oxygen atoms in total. The molecule has 5 heteroatoms. The quantitative estimate of drug-likeness (QED) is 0.188. The van der Waals surface area contributed by atoms with Crippen molar-refractivity contribution in [2.75, 3.05) is 13.7 Å².